The number of benzene rings is 2. The average molecular weight is 679 g/mol. The molecule has 2 aromatic carbocycles. The molecule has 0 bridgehead atoms. The van der Waals surface area contributed by atoms with Crippen molar-refractivity contribution in [1.29, 1.82) is 0 Å². The van der Waals surface area contributed by atoms with Crippen molar-refractivity contribution in [2.24, 2.45) is 0 Å². The molecule has 3 aliphatic rings. The van der Waals surface area contributed by atoms with Crippen molar-refractivity contribution >= 4 is 18.0 Å². The number of carbonyl (C=O) groups excluding carboxylic acids is 2. The molecule has 3 aliphatic heterocycles. The van der Waals surface area contributed by atoms with Gasteiger partial charge in [-0.3, -0.25) is 4.79 Å². The maximum Gasteiger partial charge on any atom is 0.330 e. The van der Waals surface area contributed by atoms with E-state index in [1.165, 1.54) is 46.6 Å². The maximum absolute atomic E-state index is 13.8. The van der Waals surface area contributed by atoms with E-state index in [0.717, 1.165) is 6.08 Å². The predicted molar refractivity (Wildman–Crippen MR) is 160 cm³/mol. The van der Waals surface area contributed by atoms with Gasteiger partial charge in [0.15, 0.2) is 35.6 Å². The molecular formula is C32H38O16. The Morgan fingerprint density at radius 3 is 1.96 bits per heavy atom. The zero-order chi connectivity index (χ0) is 34.7. The molecule has 2 unspecified atom stereocenters. The number of hydrogen-bond acceptors (Lipinski definition) is 16. The molecule has 5 rings (SSSR count). The van der Waals surface area contributed by atoms with Gasteiger partial charge in [0.05, 0.1) is 14.2 Å². The Kier molecular flexibility index (Phi) is 11.1. The van der Waals surface area contributed by atoms with Crippen LogP contribution in [-0.4, -0.2) is 128 Å². The van der Waals surface area contributed by atoms with Crippen molar-refractivity contribution in [3.8, 4) is 23.0 Å². The molecule has 10 atom stereocenters. The molecule has 5 N–H and O–H groups in total. The smallest absolute Gasteiger partial charge is 0.330 e. The van der Waals surface area contributed by atoms with E-state index in [9.17, 15) is 35.1 Å². The lowest BCUT2D eigenvalue weighted by molar-refractivity contribution is -0.167. The summed E-state index contributed by atoms with van der Waals surface area (Å²) in [5.74, 6) is -2.21. The van der Waals surface area contributed by atoms with E-state index in [2.05, 4.69) is 0 Å². The van der Waals surface area contributed by atoms with Crippen LogP contribution in [0.1, 0.15) is 28.7 Å². The number of aliphatic hydroxyl groups excluding tert-OH is 4. The predicted octanol–water partition coefficient (Wildman–Crippen LogP) is -0.0875. The summed E-state index contributed by atoms with van der Waals surface area (Å²) in [6.45, 7) is -0.769. The molecule has 0 spiro atoms. The first-order chi connectivity index (χ1) is 23.0. The van der Waals surface area contributed by atoms with Crippen LogP contribution in [0.5, 0.6) is 23.0 Å². The van der Waals surface area contributed by atoms with E-state index in [1.54, 1.807) is 18.2 Å². The fourth-order valence-corrected chi connectivity index (χ4v) is 5.72. The van der Waals surface area contributed by atoms with Gasteiger partial charge in [-0.05, 0) is 41.5 Å². The number of fused-ring (bicyclic) bond motifs is 1. The van der Waals surface area contributed by atoms with E-state index in [0.29, 0.717) is 16.7 Å². The highest BCUT2D eigenvalue weighted by molar-refractivity contribution is 5.88. The summed E-state index contributed by atoms with van der Waals surface area (Å²) in [6, 6.07) is 7.63. The number of carbonyl (C=O) groups is 2. The minimum absolute atomic E-state index is 0.130. The van der Waals surface area contributed by atoms with Crippen molar-refractivity contribution in [3.63, 3.8) is 0 Å². The maximum atomic E-state index is 13.8. The first-order valence-corrected chi connectivity index (χ1v) is 14.9. The number of phenolic OH excluding ortho intramolecular Hbond substituents is 1. The molecule has 2 saturated heterocycles. The lowest BCUT2D eigenvalue weighted by atomic mass is 9.89. The number of hydrogen-bond donors (Lipinski definition) is 5. The van der Waals surface area contributed by atoms with Gasteiger partial charge in [-0.1, -0.05) is 6.07 Å². The van der Waals surface area contributed by atoms with E-state index in [-0.39, 0.29) is 29.6 Å². The standard InChI is InChI=1S/C32H38O16/c1-40-18-11-15(6-7-17(18)33)28-23(30(39)45-13-21-25(36)27(38)32(43-4)47-21)16-9-14(10-19(41-2)29(16)48-28)5-8-22(34)44-12-20-24(35)26(37)31(42-3)46-20/h5-11,20-21,23-28,31-33,35-38H,12-13H2,1-4H3/b8-5+/t20-,21-,23?,24-,25-,26+,27+,28?,31+,32+/m0/s1. The highest BCUT2D eigenvalue weighted by atomic mass is 16.7. The van der Waals surface area contributed by atoms with Crippen LogP contribution in [-0.2, 0) is 38.0 Å². The van der Waals surface area contributed by atoms with E-state index in [1.807, 2.05) is 0 Å². The van der Waals surface area contributed by atoms with Gasteiger partial charge in [-0.15, -0.1) is 0 Å². The van der Waals surface area contributed by atoms with Crippen molar-refractivity contribution in [1.82, 2.24) is 0 Å². The van der Waals surface area contributed by atoms with Crippen LogP contribution in [0.25, 0.3) is 6.08 Å². The first kappa shape index (κ1) is 35.3. The highest BCUT2D eigenvalue weighted by Gasteiger charge is 2.47. The molecule has 16 nitrogen and oxygen atoms in total. The average Bonchev–Trinajstić information content (AvgIpc) is 3.71. The molecule has 262 valence electrons. The van der Waals surface area contributed by atoms with Gasteiger partial charge in [0.2, 0.25) is 0 Å². The Bertz CT molecular complexity index is 1490. The summed E-state index contributed by atoms with van der Waals surface area (Å²) >= 11 is 0. The number of esters is 2. The summed E-state index contributed by atoms with van der Waals surface area (Å²) in [5, 5.41) is 50.7. The third-order valence-corrected chi connectivity index (χ3v) is 8.29. The lowest BCUT2D eigenvalue weighted by Crippen LogP contribution is -2.35. The molecule has 0 amide bonds. The van der Waals surface area contributed by atoms with Gasteiger partial charge in [-0.2, -0.15) is 0 Å². The zero-order valence-electron chi connectivity index (χ0n) is 26.5. The number of ether oxygens (including phenoxy) is 9. The van der Waals surface area contributed by atoms with E-state index in [4.69, 9.17) is 42.6 Å². The van der Waals surface area contributed by atoms with E-state index >= 15 is 0 Å². The largest absolute Gasteiger partial charge is 0.504 e. The quantitative estimate of drug-likeness (QED) is 0.146. The molecule has 0 aliphatic carbocycles. The summed E-state index contributed by atoms with van der Waals surface area (Å²) in [7, 11) is 5.38. The number of rotatable bonds is 12. The lowest BCUT2D eigenvalue weighted by Gasteiger charge is -2.21. The van der Waals surface area contributed by atoms with Crippen molar-refractivity contribution in [2.75, 3.05) is 41.7 Å². The Morgan fingerprint density at radius 1 is 0.792 bits per heavy atom. The summed E-state index contributed by atoms with van der Waals surface area (Å²) in [5.41, 5.74) is 1.21. The third kappa shape index (κ3) is 7.06. The fraction of sp³-hybridized carbons (Fsp3) is 0.500. The van der Waals surface area contributed by atoms with Crippen LogP contribution in [0.2, 0.25) is 0 Å². The molecular weight excluding hydrogens is 640 g/mol. The number of phenols is 1. The zero-order valence-corrected chi connectivity index (χ0v) is 26.5. The molecule has 0 radical (unpaired) electrons. The molecule has 3 heterocycles. The Morgan fingerprint density at radius 2 is 1.40 bits per heavy atom. The Hall–Kier alpha value is -4.00. The molecule has 48 heavy (non-hydrogen) atoms. The second kappa shape index (κ2) is 15.0. The number of methoxy groups -OCH3 is 4. The first-order valence-electron chi connectivity index (χ1n) is 14.9. The van der Waals surface area contributed by atoms with Crippen LogP contribution in [0.3, 0.4) is 0 Å². The van der Waals surface area contributed by atoms with Crippen LogP contribution >= 0.6 is 0 Å². The van der Waals surface area contributed by atoms with Gasteiger partial charge < -0.3 is 68.2 Å². The highest BCUT2D eigenvalue weighted by Crippen LogP contribution is 2.52. The normalized spacial score (nSPS) is 31.0. The van der Waals surface area contributed by atoms with Gasteiger partial charge in [0.1, 0.15) is 61.9 Å². The number of aliphatic hydroxyl groups is 4. The second-order valence-electron chi connectivity index (χ2n) is 11.2. The Labute approximate surface area is 274 Å². The van der Waals surface area contributed by atoms with Crippen LogP contribution in [0.4, 0.5) is 0 Å². The van der Waals surface area contributed by atoms with Crippen LogP contribution < -0.4 is 14.2 Å². The summed E-state index contributed by atoms with van der Waals surface area (Å²) < 4.78 is 48.6. The van der Waals surface area contributed by atoms with Gasteiger partial charge in [-0.25, -0.2) is 4.79 Å². The van der Waals surface area contributed by atoms with Gasteiger partial charge >= 0.3 is 11.9 Å². The topological polar surface area (TPSA) is 218 Å². The second-order valence-corrected chi connectivity index (χ2v) is 11.2. The fourth-order valence-electron chi connectivity index (χ4n) is 5.72. The van der Waals surface area contributed by atoms with Gasteiger partial charge in [0.25, 0.3) is 0 Å². The van der Waals surface area contributed by atoms with Gasteiger partial charge in [0, 0.05) is 25.9 Å². The van der Waals surface area contributed by atoms with Crippen LogP contribution in [0.15, 0.2) is 36.4 Å². The summed E-state index contributed by atoms with van der Waals surface area (Å²) in [4.78, 5) is 26.3. The minimum atomic E-state index is -1.38. The van der Waals surface area contributed by atoms with Crippen molar-refractivity contribution < 1.29 is 77.8 Å². The summed E-state index contributed by atoms with van der Waals surface area (Å²) in [6.07, 6.45) is -8.03. The minimum Gasteiger partial charge on any atom is -0.504 e. The molecule has 2 fully saturated rings. The molecule has 2 aromatic rings. The van der Waals surface area contributed by atoms with Crippen molar-refractivity contribution in [3.05, 3.63) is 53.1 Å². The Balaban J connectivity index is 1.38. The molecule has 0 aromatic heterocycles. The van der Waals surface area contributed by atoms with Crippen molar-refractivity contribution in [2.45, 2.75) is 61.2 Å². The SMILES string of the molecule is COc1cc(C2Oc3c(OC)cc(/C=C/C(=O)OC[C@@H]4O[C@@H](OC)[C@H](O)[C@H]4O)cc3C2C(=O)OC[C@@H]2O[C@@H](OC)[C@H](O)[C@H]2O)ccc1O. The molecule has 16 heteroatoms. The molecule has 0 saturated carbocycles. The third-order valence-electron chi connectivity index (χ3n) is 8.29. The monoisotopic (exact) mass is 678 g/mol. The van der Waals surface area contributed by atoms with E-state index < -0.39 is 79.8 Å². The van der Waals surface area contributed by atoms with Crippen LogP contribution in [0, 0.1) is 0 Å². The number of aromatic hydroxyl groups is 1.